The number of hydrogen-bond acceptors (Lipinski definition) is 4. The van der Waals surface area contributed by atoms with Gasteiger partial charge in [0.15, 0.2) is 0 Å². The van der Waals surface area contributed by atoms with Crippen molar-refractivity contribution >= 4 is 16.0 Å². The predicted molar refractivity (Wildman–Crippen MR) is 63.7 cm³/mol. The molecule has 0 aromatic carbocycles. The second kappa shape index (κ2) is 4.71. The van der Waals surface area contributed by atoms with Crippen LogP contribution in [0, 0.1) is 5.92 Å². The molecule has 1 aliphatic heterocycles. The van der Waals surface area contributed by atoms with E-state index in [1.807, 2.05) is 0 Å². The normalized spacial score (nSPS) is 21.3. The number of aromatic nitrogens is 1. The Hall–Kier alpha value is -1.38. The maximum absolute atomic E-state index is 12.2. The van der Waals surface area contributed by atoms with E-state index in [0.717, 1.165) is 12.5 Å². The molecule has 0 aliphatic carbocycles. The maximum atomic E-state index is 12.2. The molecule has 1 atom stereocenters. The number of H-pyrrole nitrogens is 1. The van der Waals surface area contributed by atoms with Gasteiger partial charge in [0.25, 0.3) is 0 Å². The van der Waals surface area contributed by atoms with Crippen LogP contribution in [0.5, 0.6) is 0 Å². The number of carbonyl (C=O) groups is 1. The van der Waals surface area contributed by atoms with Gasteiger partial charge in [-0.3, -0.25) is 0 Å². The van der Waals surface area contributed by atoms with E-state index >= 15 is 0 Å². The molecule has 1 aromatic rings. The highest BCUT2D eigenvalue weighted by molar-refractivity contribution is 7.89. The lowest BCUT2D eigenvalue weighted by Crippen LogP contribution is -2.29. The Kier molecular flexibility index (Phi) is 3.42. The van der Waals surface area contributed by atoms with E-state index in [9.17, 15) is 13.2 Å². The van der Waals surface area contributed by atoms with Crippen molar-refractivity contribution in [1.82, 2.24) is 9.29 Å². The highest BCUT2D eigenvalue weighted by Crippen LogP contribution is 2.24. The van der Waals surface area contributed by atoms with Crippen LogP contribution in [-0.2, 0) is 10.0 Å². The predicted octanol–water partition coefficient (Wildman–Crippen LogP) is -0.318. The number of nitrogens with two attached hydrogens (primary N) is 1. The first-order chi connectivity index (χ1) is 8.45. The molecule has 1 aliphatic rings. The number of carboxylic acids is 1. The molecule has 0 amide bonds. The summed E-state index contributed by atoms with van der Waals surface area (Å²) in [6, 6.07) is 1.13. The van der Waals surface area contributed by atoms with E-state index in [4.69, 9.17) is 10.8 Å². The van der Waals surface area contributed by atoms with Crippen LogP contribution in [0.3, 0.4) is 0 Å². The summed E-state index contributed by atoms with van der Waals surface area (Å²) in [7, 11) is -3.61. The summed E-state index contributed by atoms with van der Waals surface area (Å²) in [5.74, 6) is -1.00. The van der Waals surface area contributed by atoms with Crippen LogP contribution in [0.4, 0.5) is 0 Å². The molecule has 7 nitrogen and oxygen atoms in total. The number of nitrogens with one attached hydrogen (secondary N) is 1. The molecule has 1 saturated heterocycles. The summed E-state index contributed by atoms with van der Waals surface area (Å²) in [6.45, 7) is 1.28. The first-order valence-electron chi connectivity index (χ1n) is 5.57. The summed E-state index contributed by atoms with van der Waals surface area (Å²) in [4.78, 5) is 13.1. The minimum atomic E-state index is -3.61. The SMILES string of the molecule is NCC1CCN(S(=O)(=O)c2c[nH]c(C(=O)O)c2)C1. The number of aromatic amines is 1. The average Bonchev–Trinajstić information content (AvgIpc) is 2.98. The Balaban J connectivity index is 2.23. The van der Waals surface area contributed by atoms with Gasteiger partial charge in [-0.2, -0.15) is 4.31 Å². The molecular weight excluding hydrogens is 258 g/mol. The van der Waals surface area contributed by atoms with E-state index in [1.165, 1.54) is 10.5 Å². The monoisotopic (exact) mass is 273 g/mol. The topological polar surface area (TPSA) is 116 Å². The molecule has 1 aromatic heterocycles. The van der Waals surface area contributed by atoms with Gasteiger partial charge in [-0.1, -0.05) is 0 Å². The van der Waals surface area contributed by atoms with Crippen LogP contribution in [0.25, 0.3) is 0 Å². The molecule has 0 radical (unpaired) electrons. The van der Waals surface area contributed by atoms with Gasteiger partial charge in [0.2, 0.25) is 10.0 Å². The summed E-state index contributed by atoms with van der Waals surface area (Å²) >= 11 is 0. The van der Waals surface area contributed by atoms with Gasteiger partial charge >= 0.3 is 5.97 Å². The summed E-state index contributed by atoms with van der Waals surface area (Å²) in [6.07, 6.45) is 1.94. The van der Waals surface area contributed by atoms with E-state index < -0.39 is 16.0 Å². The van der Waals surface area contributed by atoms with Crippen molar-refractivity contribution in [2.45, 2.75) is 11.3 Å². The van der Waals surface area contributed by atoms with E-state index in [2.05, 4.69) is 4.98 Å². The fraction of sp³-hybridized carbons (Fsp3) is 0.500. The van der Waals surface area contributed by atoms with Gasteiger partial charge in [-0.15, -0.1) is 0 Å². The van der Waals surface area contributed by atoms with Crippen LogP contribution in [0.15, 0.2) is 17.2 Å². The summed E-state index contributed by atoms with van der Waals surface area (Å²) in [5.41, 5.74) is 5.38. The average molecular weight is 273 g/mol. The largest absolute Gasteiger partial charge is 0.477 e. The lowest BCUT2D eigenvalue weighted by atomic mass is 10.1. The van der Waals surface area contributed by atoms with Crippen molar-refractivity contribution in [2.75, 3.05) is 19.6 Å². The number of aromatic carboxylic acids is 1. The maximum Gasteiger partial charge on any atom is 0.352 e. The van der Waals surface area contributed by atoms with Gasteiger partial charge in [0.05, 0.1) is 0 Å². The summed E-state index contributed by atoms with van der Waals surface area (Å²) < 4.78 is 25.8. The molecule has 8 heteroatoms. The van der Waals surface area contributed by atoms with Crippen molar-refractivity contribution in [3.05, 3.63) is 18.0 Å². The molecule has 4 N–H and O–H groups in total. The fourth-order valence-corrected chi connectivity index (χ4v) is 3.53. The van der Waals surface area contributed by atoms with Gasteiger partial charge in [-0.25, -0.2) is 13.2 Å². The van der Waals surface area contributed by atoms with Gasteiger partial charge in [0.1, 0.15) is 10.6 Å². The zero-order valence-electron chi connectivity index (χ0n) is 9.67. The molecule has 0 spiro atoms. The highest BCUT2D eigenvalue weighted by atomic mass is 32.2. The van der Waals surface area contributed by atoms with E-state index in [1.54, 1.807) is 0 Å². The Morgan fingerprint density at radius 1 is 1.61 bits per heavy atom. The van der Waals surface area contributed by atoms with Crippen LogP contribution < -0.4 is 5.73 Å². The molecule has 100 valence electrons. The molecule has 0 saturated carbocycles. The first-order valence-corrected chi connectivity index (χ1v) is 7.01. The number of carboxylic acid groups (broad SMARTS) is 1. The van der Waals surface area contributed by atoms with Crippen molar-refractivity contribution in [3.8, 4) is 0 Å². The van der Waals surface area contributed by atoms with Gasteiger partial charge in [-0.05, 0) is 24.9 Å². The Morgan fingerprint density at radius 3 is 2.83 bits per heavy atom. The zero-order valence-corrected chi connectivity index (χ0v) is 10.5. The first kappa shape index (κ1) is 13.1. The standard InChI is InChI=1S/C10H15N3O4S/c11-4-7-1-2-13(6-7)18(16,17)8-3-9(10(14)15)12-5-8/h3,5,7,12H,1-2,4,6,11H2,(H,14,15). The van der Waals surface area contributed by atoms with Crippen LogP contribution in [0.1, 0.15) is 16.9 Å². The quantitative estimate of drug-likeness (QED) is 0.695. The third-order valence-electron chi connectivity index (χ3n) is 3.11. The third-order valence-corrected chi connectivity index (χ3v) is 4.95. The van der Waals surface area contributed by atoms with E-state index in [0.29, 0.717) is 19.6 Å². The second-order valence-electron chi connectivity index (χ2n) is 4.31. The summed E-state index contributed by atoms with van der Waals surface area (Å²) in [5, 5.41) is 8.75. The smallest absolute Gasteiger partial charge is 0.352 e. The van der Waals surface area contributed by atoms with Gasteiger partial charge in [0, 0.05) is 19.3 Å². The number of rotatable bonds is 4. The minimum Gasteiger partial charge on any atom is -0.477 e. The molecular formula is C10H15N3O4S. The lowest BCUT2D eigenvalue weighted by Gasteiger charge is -2.14. The molecule has 18 heavy (non-hydrogen) atoms. The second-order valence-corrected chi connectivity index (χ2v) is 6.25. The van der Waals surface area contributed by atoms with Crippen molar-refractivity contribution in [3.63, 3.8) is 0 Å². The number of hydrogen-bond donors (Lipinski definition) is 3. The lowest BCUT2D eigenvalue weighted by molar-refractivity contribution is 0.0691. The van der Waals surface area contributed by atoms with Crippen molar-refractivity contribution < 1.29 is 18.3 Å². The zero-order chi connectivity index (χ0) is 13.3. The molecule has 0 bridgehead atoms. The molecule has 2 heterocycles. The molecule has 1 unspecified atom stereocenters. The Labute approximate surface area is 105 Å². The van der Waals surface area contributed by atoms with E-state index in [-0.39, 0.29) is 16.5 Å². The van der Waals surface area contributed by atoms with Crippen LogP contribution >= 0.6 is 0 Å². The van der Waals surface area contributed by atoms with Crippen molar-refractivity contribution in [2.24, 2.45) is 11.7 Å². The third kappa shape index (κ3) is 2.26. The number of sulfonamides is 1. The fourth-order valence-electron chi connectivity index (χ4n) is 2.00. The van der Waals surface area contributed by atoms with Gasteiger partial charge < -0.3 is 15.8 Å². The van der Waals surface area contributed by atoms with Crippen LogP contribution in [0.2, 0.25) is 0 Å². The molecule has 1 fully saturated rings. The molecule has 2 rings (SSSR count). The minimum absolute atomic E-state index is 0.0161. The number of nitrogens with zero attached hydrogens (tertiary/aromatic N) is 1. The van der Waals surface area contributed by atoms with Crippen LogP contribution in [-0.4, -0.2) is 48.4 Å². The highest BCUT2D eigenvalue weighted by Gasteiger charge is 2.32. The Morgan fingerprint density at radius 2 is 2.33 bits per heavy atom. The van der Waals surface area contributed by atoms with Crippen molar-refractivity contribution in [1.29, 1.82) is 0 Å². The Bertz CT molecular complexity index is 551.